The number of nitrogens with zero attached hydrogens (tertiary/aromatic N) is 4. The Balaban J connectivity index is 1.23. The molecule has 4 atom stereocenters. The maximum Gasteiger partial charge on any atom is 0.327 e. The van der Waals surface area contributed by atoms with E-state index in [1.54, 1.807) is 35.6 Å². The second-order valence-corrected chi connectivity index (χ2v) is 11.0. The third kappa shape index (κ3) is 4.75. The topological polar surface area (TPSA) is 138 Å². The number of amides is 4. The number of urea groups is 1. The molecule has 4 heterocycles. The van der Waals surface area contributed by atoms with E-state index in [9.17, 15) is 14.4 Å². The van der Waals surface area contributed by atoms with Gasteiger partial charge in [0, 0.05) is 23.8 Å². The van der Waals surface area contributed by atoms with E-state index in [1.165, 1.54) is 24.2 Å². The van der Waals surface area contributed by atoms with Gasteiger partial charge in [0.2, 0.25) is 11.8 Å². The molecule has 3 aliphatic rings. The fraction of sp³-hybridized carbons (Fsp3) is 0.286. The van der Waals surface area contributed by atoms with E-state index in [1.807, 2.05) is 19.1 Å². The number of hydrogen-bond acceptors (Lipinski definition) is 8. The Morgan fingerprint density at radius 2 is 1.90 bits per heavy atom. The van der Waals surface area contributed by atoms with E-state index in [-0.39, 0.29) is 29.9 Å². The van der Waals surface area contributed by atoms with Crippen LogP contribution in [0.1, 0.15) is 36.4 Å². The first kappa shape index (κ1) is 25.8. The minimum Gasteiger partial charge on any atom is -0.454 e. The van der Waals surface area contributed by atoms with Gasteiger partial charge < -0.3 is 20.7 Å². The van der Waals surface area contributed by atoms with Crippen molar-refractivity contribution >= 4 is 41.0 Å². The van der Waals surface area contributed by atoms with Gasteiger partial charge in [0.25, 0.3) is 0 Å². The van der Waals surface area contributed by atoms with Gasteiger partial charge in [-0.3, -0.25) is 14.5 Å². The Kier molecular flexibility index (Phi) is 6.84. The van der Waals surface area contributed by atoms with Gasteiger partial charge in [-0.25, -0.2) is 19.7 Å². The molecule has 3 N–H and O–H groups in total. The zero-order valence-electron chi connectivity index (χ0n) is 21.7. The number of hydrogen-bond donors (Lipinski definition) is 3. The van der Waals surface area contributed by atoms with Crippen molar-refractivity contribution in [3.8, 4) is 11.5 Å². The maximum absolute atomic E-state index is 13.5. The molecule has 1 saturated carbocycles. The van der Waals surface area contributed by atoms with Gasteiger partial charge in [-0.1, -0.05) is 18.3 Å². The van der Waals surface area contributed by atoms with Gasteiger partial charge in [0.05, 0.1) is 29.8 Å². The van der Waals surface area contributed by atoms with E-state index in [2.05, 4.69) is 37.5 Å². The highest BCUT2D eigenvalue weighted by Gasteiger charge is 2.47. The molecule has 3 aromatic rings. The highest BCUT2D eigenvalue weighted by Crippen LogP contribution is 2.51. The molecule has 40 heavy (non-hydrogen) atoms. The van der Waals surface area contributed by atoms with Gasteiger partial charge in [0.1, 0.15) is 22.4 Å². The number of rotatable bonds is 7. The van der Waals surface area contributed by atoms with Crippen LogP contribution in [0.5, 0.6) is 11.5 Å². The second kappa shape index (κ2) is 10.6. The Bertz CT molecular complexity index is 1500. The molecule has 204 valence electrons. The predicted molar refractivity (Wildman–Crippen MR) is 148 cm³/mol. The number of ether oxygens (including phenoxy) is 1. The summed E-state index contributed by atoms with van der Waals surface area (Å²) in [4.78, 5) is 52.9. The quantitative estimate of drug-likeness (QED) is 0.374. The highest BCUT2D eigenvalue weighted by molar-refractivity contribution is 8.01. The van der Waals surface area contributed by atoms with Crippen molar-refractivity contribution in [1.82, 2.24) is 30.9 Å². The third-order valence-corrected chi connectivity index (χ3v) is 8.59. The number of aromatic nitrogens is 3. The number of carbonyl (C=O) groups is 3. The smallest absolute Gasteiger partial charge is 0.327 e. The predicted octanol–water partition coefficient (Wildman–Crippen LogP) is 3.69. The van der Waals surface area contributed by atoms with Crippen molar-refractivity contribution in [3.63, 3.8) is 0 Å². The van der Waals surface area contributed by atoms with Crippen LogP contribution < -0.4 is 25.6 Å². The molecule has 11 nitrogen and oxygen atoms in total. The summed E-state index contributed by atoms with van der Waals surface area (Å²) in [6.45, 7) is 5.41. The first-order valence-electron chi connectivity index (χ1n) is 13.0. The van der Waals surface area contributed by atoms with Gasteiger partial charge in [-0.15, -0.1) is 0 Å². The van der Waals surface area contributed by atoms with Crippen LogP contribution >= 0.6 is 11.8 Å². The summed E-state index contributed by atoms with van der Waals surface area (Å²) in [7, 11) is 0. The van der Waals surface area contributed by atoms with Gasteiger partial charge >= 0.3 is 6.03 Å². The Morgan fingerprint density at radius 3 is 2.65 bits per heavy atom. The number of anilines is 2. The molecule has 0 saturated heterocycles. The summed E-state index contributed by atoms with van der Waals surface area (Å²) in [6.07, 6.45) is 9.91. The molecule has 0 spiro atoms. The lowest BCUT2D eigenvalue weighted by atomic mass is 9.99. The molecule has 1 aromatic carbocycles. The third-order valence-electron chi connectivity index (χ3n) is 7.30. The lowest BCUT2D eigenvalue weighted by Crippen LogP contribution is -2.53. The summed E-state index contributed by atoms with van der Waals surface area (Å²) in [6, 6.07) is 6.05. The molecular formula is C28H27N7O4S. The summed E-state index contributed by atoms with van der Waals surface area (Å²) in [5, 5.41) is 9.19. The SMILES string of the molecule is C=CC(=O)N[C@H]1CCC[C@H]1NC(=O)C1Sc2nccc3c2C1NC(=O)N3c1ccc(Oc2cncnc2)cc1C. The zero-order valence-corrected chi connectivity index (χ0v) is 22.5. The molecular weight excluding hydrogens is 530 g/mol. The minimum absolute atomic E-state index is 0.155. The average molecular weight is 558 g/mol. The Hall–Kier alpha value is -4.45. The lowest BCUT2D eigenvalue weighted by molar-refractivity contribution is -0.122. The first-order valence-corrected chi connectivity index (χ1v) is 13.8. The Labute approximate surface area is 234 Å². The summed E-state index contributed by atoms with van der Waals surface area (Å²) in [5.41, 5.74) is 3.01. The van der Waals surface area contributed by atoms with Crippen molar-refractivity contribution in [3.05, 3.63) is 73.0 Å². The standard InChI is InChI=1S/C28H27N7O4S/c1-3-22(36)32-18-5-4-6-19(18)33-26(37)25-24-23-21(9-10-31-27(23)40-25)35(28(38)34-24)20-8-7-16(11-15(20)2)39-17-12-29-14-30-13-17/h3,7-14,18-19,24-25H,1,4-6H2,2H3,(H,32,36)(H,33,37)(H,34,38)/t18-,19+,24?,25?/m0/s1. The lowest BCUT2D eigenvalue weighted by Gasteiger charge is -2.35. The van der Waals surface area contributed by atoms with E-state index in [0.717, 1.165) is 30.4 Å². The fourth-order valence-electron chi connectivity index (χ4n) is 5.49. The maximum atomic E-state index is 13.5. The molecule has 12 heteroatoms. The van der Waals surface area contributed by atoms with Crippen LogP contribution in [-0.4, -0.2) is 50.1 Å². The van der Waals surface area contributed by atoms with E-state index in [0.29, 0.717) is 27.9 Å². The average Bonchev–Trinajstić information content (AvgIpc) is 3.55. The number of pyridine rings is 1. The number of aryl methyl sites for hydroxylation is 1. The van der Waals surface area contributed by atoms with Crippen LogP contribution in [0.15, 0.2) is 66.9 Å². The van der Waals surface area contributed by atoms with Crippen LogP contribution in [0, 0.1) is 6.92 Å². The van der Waals surface area contributed by atoms with Gasteiger partial charge in [-0.05, 0) is 62.1 Å². The number of carbonyl (C=O) groups excluding carboxylic acids is 3. The van der Waals surface area contributed by atoms with Crippen LogP contribution in [0.2, 0.25) is 0 Å². The van der Waals surface area contributed by atoms with Crippen LogP contribution in [-0.2, 0) is 9.59 Å². The monoisotopic (exact) mass is 557 g/mol. The van der Waals surface area contributed by atoms with Crippen LogP contribution in [0.4, 0.5) is 16.2 Å². The largest absolute Gasteiger partial charge is 0.454 e. The molecule has 2 aliphatic heterocycles. The van der Waals surface area contributed by atoms with Gasteiger partial charge in [-0.2, -0.15) is 0 Å². The highest BCUT2D eigenvalue weighted by atomic mass is 32.2. The zero-order chi connectivity index (χ0) is 27.8. The van der Waals surface area contributed by atoms with E-state index in [4.69, 9.17) is 4.74 Å². The molecule has 1 aliphatic carbocycles. The normalized spacial score (nSPS) is 22.7. The molecule has 4 amide bonds. The van der Waals surface area contributed by atoms with Crippen molar-refractivity contribution in [2.24, 2.45) is 0 Å². The van der Waals surface area contributed by atoms with Crippen molar-refractivity contribution in [1.29, 1.82) is 0 Å². The molecule has 6 rings (SSSR count). The van der Waals surface area contributed by atoms with Crippen LogP contribution in [0.25, 0.3) is 0 Å². The molecule has 0 bridgehead atoms. The molecule has 1 fully saturated rings. The van der Waals surface area contributed by atoms with Crippen LogP contribution in [0.3, 0.4) is 0 Å². The van der Waals surface area contributed by atoms with Crippen molar-refractivity contribution in [2.45, 2.75) is 54.6 Å². The summed E-state index contributed by atoms with van der Waals surface area (Å²) < 4.78 is 5.84. The summed E-state index contributed by atoms with van der Waals surface area (Å²) in [5.74, 6) is 0.646. The number of nitrogens with one attached hydrogen (secondary N) is 3. The van der Waals surface area contributed by atoms with Gasteiger partial charge in [0.15, 0.2) is 5.75 Å². The molecule has 2 unspecified atom stereocenters. The van der Waals surface area contributed by atoms with E-state index < -0.39 is 11.3 Å². The fourth-order valence-corrected chi connectivity index (χ4v) is 6.73. The first-order chi connectivity index (χ1) is 19.4. The van der Waals surface area contributed by atoms with E-state index >= 15 is 0 Å². The summed E-state index contributed by atoms with van der Waals surface area (Å²) >= 11 is 1.34. The van der Waals surface area contributed by atoms with Crippen molar-refractivity contribution < 1.29 is 19.1 Å². The Morgan fingerprint density at radius 1 is 1.12 bits per heavy atom. The number of thioether (sulfide) groups is 1. The minimum atomic E-state index is -0.587. The number of benzene rings is 1. The van der Waals surface area contributed by atoms with Crippen molar-refractivity contribution in [2.75, 3.05) is 4.90 Å². The molecule has 2 aromatic heterocycles. The second-order valence-electron chi connectivity index (χ2n) is 9.84. The molecule has 0 radical (unpaired) electrons.